The molecule has 74 heavy (non-hydrogen) atoms. The van der Waals surface area contributed by atoms with Gasteiger partial charge in [-0.1, -0.05) is 48.5 Å². The molecular formula is C50H36N8O12S4. The van der Waals surface area contributed by atoms with E-state index >= 15 is 0 Å². The molecule has 0 bridgehead atoms. The zero-order valence-electron chi connectivity index (χ0n) is 37.8. The Kier molecular flexibility index (Phi) is 12.7. The number of aromatic nitrogens is 2. The molecule has 24 heteroatoms. The summed E-state index contributed by atoms with van der Waals surface area (Å²) in [6.07, 6.45) is 3.23. The van der Waals surface area contributed by atoms with Gasteiger partial charge in [0.15, 0.2) is 0 Å². The first kappa shape index (κ1) is 49.4. The lowest BCUT2D eigenvalue weighted by molar-refractivity contribution is 0.477. The van der Waals surface area contributed by atoms with Crippen molar-refractivity contribution in [1.29, 1.82) is 0 Å². The number of hydrogen-bond acceptors (Lipinski definition) is 16. The zero-order valence-corrected chi connectivity index (χ0v) is 41.1. The number of nitrogens with one attached hydrogen (secondary N) is 2. The van der Waals surface area contributed by atoms with Crippen molar-refractivity contribution in [3.05, 3.63) is 169 Å². The molecule has 2 heterocycles. The summed E-state index contributed by atoms with van der Waals surface area (Å²) >= 11 is 0. The number of pyridine rings is 2. The molecule has 0 aliphatic heterocycles. The number of anilines is 2. The van der Waals surface area contributed by atoms with Crippen LogP contribution in [0.4, 0.5) is 34.1 Å². The van der Waals surface area contributed by atoms with Crippen LogP contribution >= 0.6 is 0 Å². The van der Waals surface area contributed by atoms with Gasteiger partial charge in [-0.15, -0.1) is 10.2 Å². The zero-order chi connectivity index (χ0) is 52.2. The maximum atomic E-state index is 12.1. The van der Waals surface area contributed by atoms with Gasteiger partial charge in [-0.25, -0.2) is 0 Å². The molecule has 0 amide bonds. The number of azo groups is 2. The number of fused-ring (bicyclic) bond motifs is 5. The quantitative estimate of drug-likeness (QED) is 0.0435. The van der Waals surface area contributed by atoms with Crippen LogP contribution in [-0.2, 0) is 53.6 Å². The number of hydrogen-bond donors (Lipinski definition) is 6. The maximum absolute atomic E-state index is 12.1. The summed E-state index contributed by atoms with van der Waals surface area (Å²) in [4.78, 5) is 6.30. The molecule has 0 saturated carbocycles. The van der Waals surface area contributed by atoms with Gasteiger partial charge < -0.3 is 10.6 Å². The first-order chi connectivity index (χ1) is 35.2. The van der Waals surface area contributed by atoms with E-state index in [1.807, 2.05) is 60.7 Å². The molecule has 0 saturated heterocycles. The summed E-state index contributed by atoms with van der Waals surface area (Å²) in [6.45, 7) is 0.881. The summed E-state index contributed by atoms with van der Waals surface area (Å²) in [5.41, 5.74) is 5.89. The van der Waals surface area contributed by atoms with Crippen LogP contribution in [0.5, 0.6) is 0 Å². The van der Waals surface area contributed by atoms with Gasteiger partial charge in [-0.2, -0.15) is 43.9 Å². The molecule has 0 radical (unpaired) electrons. The van der Waals surface area contributed by atoms with Crippen molar-refractivity contribution < 1.29 is 51.9 Å². The van der Waals surface area contributed by atoms with Gasteiger partial charge in [0.1, 0.15) is 21.2 Å². The van der Waals surface area contributed by atoms with E-state index < -0.39 is 60.1 Å². The Morgan fingerprint density at radius 2 is 0.797 bits per heavy atom. The van der Waals surface area contributed by atoms with Gasteiger partial charge in [0.05, 0.1) is 32.2 Å². The lowest BCUT2D eigenvalue weighted by Gasteiger charge is -2.15. The summed E-state index contributed by atoms with van der Waals surface area (Å²) in [6, 6.07) is 38.5. The van der Waals surface area contributed by atoms with Crippen molar-refractivity contribution in [2.24, 2.45) is 20.5 Å². The smallest absolute Gasteiger partial charge is 0.295 e. The second kappa shape index (κ2) is 19.0. The fourth-order valence-electron chi connectivity index (χ4n) is 8.58. The van der Waals surface area contributed by atoms with Crippen molar-refractivity contribution in [2.45, 2.75) is 32.7 Å². The highest BCUT2D eigenvalue weighted by Crippen LogP contribution is 2.37. The van der Waals surface area contributed by atoms with Crippen molar-refractivity contribution in [2.75, 3.05) is 10.6 Å². The molecule has 0 aliphatic rings. The minimum absolute atomic E-state index is 0.00959. The molecule has 20 nitrogen and oxygen atoms in total. The van der Waals surface area contributed by atoms with E-state index in [1.165, 1.54) is 36.4 Å². The lowest BCUT2D eigenvalue weighted by atomic mass is 9.99. The summed E-state index contributed by atoms with van der Waals surface area (Å²) in [5, 5.41) is 28.2. The topological polar surface area (TPSA) is 317 Å². The van der Waals surface area contributed by atoms with Crippen LogP contribution in [0.1, 0.15) is 11.1 Å². The number of rotatable bonds is 14. The molecule has 10 aromatic rings. The van der Waals surface area contributed by atoms with Gasteiger partial charge in [-0.3, -0.25) is 28.2 Å². The highest BCUT2D eigenvalue weighted by Gasteiger charge is 2.23. The van der Waals surface area contributed by atoms with Crippen LogP contribution in [-0.4, -0.2) is 61.9 Å². The summed E-state index contributed by atoms with van der Waals surface area (Å²) < 4.78 is 135. The summed E-state index contributed by atoms with van der Waals surface area (Å²) in [5.74, 6) is 0. The molecule has 8 aromatic carbocycles. The minimum Gasteiger partial charge on any atom is -0.380 e. The largest absolute Gasteiger partial charge is 0.380 e. The molecule has 0 atom stereocenters. The van der Waals surface area contributed by atoms with Crippen molar-refractivity contribution in [3.63, 3.8) is 0 Å². The van der Waals surface area contributed by atoms with Crippen molar-refractivity contribution >= 4 is 129 Å². The monoisotopic (exact) mass is 1070 g/mol. The van der Waals surface area contributed by atoms with E-state index in [0.29, 0.717) is 47.6 Å². The maximum Gasteiger partial charge on any atom is 0.295 e. The Hall–Kier alpha value is -8.20. The Morgan fingerprint density at radius 3 is 1.19 bits per heavy atom. The molecule has 10 rings (SSSR count). The van der Waals surface area contributed by atoms with E-state index in [1.54, 1.807) is 36.7 Å². The molecule has 0 fully saturated rings. The van der Waals surface area contributed by atoms with Crippen LogP contribution < -0.4 is 10.6 Å². The third kappa shape index (κ3) is 10.1. The van der Waals surface area contributed by atoms with Crippen LogP contribution in [0.3, 0.4) is 0 Å². The second-order valence-electron chi connectivity index (χ2n) is 16.7. The molecular weight excluding hydrogens is 1030 g/mol. The second-order valence-corrected chi connectivity index (χ2v) is 22.3. The average molecular weight is 1070 g/mol. The SMILES string of the molecule is O=S(=O)(O)c1cc(S(=O)(=O)O)c2ccc(N=Nc3ccc(NCc4cccc5c(CNc6ccc(N=Nc7ccc8c(S(=O)(=O)O)cc(S(=O)(=O)O)cc8c7)c7ncccc67)cccc45)c4cccnc34)cc2c1. The van der Waals surface area contributed by atoms with Gasteiger partial charge in [0.2, 0.25) is 0 Å². The standard InChI is InChI=1S/C50H36N8O12S4/c59-71(60,61)35-23-31-21-33(11-13-39(31)47(25-35)73(65,66)67)55-57-45-17-15-43(41-9-3-19-51-49(41)45)53-27-29-5-1-7-37-30(6-2-8-38(29)37)28-54-44-16-18-46(50-42(44)10-4-20-52-50)58-56-34-12-14-40-32(22-34)24-36(72(62,63)64)26-48(40)74(68,69)70/h1-26,53-54H,27-28H2,(H,59,60,61)(H,62,63,64)(H,65,66,67)(H,68,69,70). The molecule has 0 unspecified atom stereocenters. The van der Waals surface area contributed by atoms with Gasteiger partial charge >= 0.3 is 0 Å². The molecule has 0 spiro atoms. The van der Waals surface area contributed by atoms with Crippen LogP contribution in [0.2, 0.25) is 0 Å². The van der Waals surface area contributed by atoms with E-state index in [4.69, 9.17) is 0 Å². The summed E-state index contributed by atoms with van der Waals surface area (Å²) in [7, 11) is -19.4. The first-order valence-corrected chi connectivity index (χ1v) is 27.6. The van der Waals surface area contributed by atoms with E-state index in [0.717, 1.165) is 56.2 Å². The van der Waals surface area contributed by atoms with Crippen LogP contribution in [0, 0.1) is 0 Å². The average Bonchev–Trinajstić information content (AvgIpc) is 3.36. The van der Waals surface area contributed by atoms with Crippen LogP contribution in [0.25, 0.3) is 54.1 Å². The minimum atomic E-state index is -4.86. The van der Waals surface area contributed by atoms with E-state index in [-0.39, 0.29) is 32.9 Å². The highest BCUT2D eigenvalue weighted by atomic mass is 32.2. The highest BCUT2D eigenvalue weighted by molar-refractivity contribution is 7.87. The molecule has 2 aromatic heterocycles. The van der Waals surface area contributed by atoms with Gasteiger partial charge in [0, 0.05) is 58.4 Å². The van der Waals surface area contributed by atoms with Gasteiger partial charge in [-0.05, 0) is 130 Å². The Balaban J connectivity index is 0.869. The Labute approximate surface area is 421 Å². The van der Waals surface area contributed by atoms with Crippen molar-refractivity contribution in [3.8, 4) is 0 Å². The van der Waals surface area contributed by atoms with E-state index in [9.17, 15) is 51.9 Å². The van der Waals surface area contributed by atoms with Gasteiger partial charge in [0.25, 0.3) is 40.5 Å². The Morgan fingerprint density at radius 1 is 0.392 bits per heavy atom. The lowest BCUT2D eigenvalue weighted by Crippen LogP contribution is -2.04. The molecule has 372 valence electrons. The fraction of sp³-hybridized carbons (Fsp3) is 0.0400. The molecule has 0 aliphatic carbocycles. The predicted molar refractivity (Wildman–Crippen MR) is 278 cm³/mol. The van der Waals surface area contributed by atoms with Crippen LogP contribution in [0.15, 0.2) is 198 Å². The first-order valence-electron chi connectivity index (χ1n) is 21.8. The normalized spacial score (nSPS) is 12.8. The number of nitrogens with zero attached hydrogens (tertiary/aromatic N) is 6. The number of benzene rings is 8. The van der Waals surface area contributed by atoms with E-state index in [2.05, 4.69) is 41.1 Å². The van der Waals surface area contributed by atoms with Crippen molar-refractivity contribution in [1.82, 2.24) is 9.97 Å². The predicted octanol–water partition coefficient (Wildman–Crippen LogP) is 11.3. The third-order valence-electron chi connectivity index (χ3n) is 12.0. The molecule has 6 N–H and O–H groups in total. The Bertz CT molecular complexity index is 4230. The fourth-order valence-corrected chi connectivity index (χ4v) is 11.3. The third-order valence-corrected chi connectivity index (χ3v) is 15.4.